The molecule has 0 spiro atoms. The van der Waals surface area contributed by atoms with Gasteiger partial charge in [0.25, 0.3) is 0 Å². The Labute approximate surface area is 176 Å². The van der Waals surface area contributed by atoms with Gasteiger partial charge in [0, 0.05) is 24.8 Å². The highest BCUT2D eigenvalue weighted by Gasteiger charge is 2.28. The number of hydrogen-bond acceptors (Lipinski definition) is 3. The Kier molecular flexibility index (Phi) is 7.41. The van der Waals surface area contributed by atoms with Crippen LogP contribution in [0.5, 0.6) is 0 Å². The molecule has 0 radical (unpaired) electrons. The van der Waals surface area contributed by atoms with Crippen molar-refractivity contribution in [2.45, 2.75) is 44.8 Å². The summed E-state index contributed by atoms with van der Waals surface area (Å²) >= 11 is 0. The number of halogens is 1. The van der Waals surface area contributed by atoms with E-state index in [0.29, 0.717) is 0 Å². The van der Waals surface area contributed by atoms with Crippen LogP contribution in [-0.2, 0) is 4.79 Å². The predicted molar refractivity (Wildman–Crippen MR) is 116 cm³/mol. The number of urea groups is 1. The van der Waals surface area contributed by atoms with Crippen molar-refractivity contribution in [1.82, 2.24) is 15.5 Å². The first-order chi connectivity index (χ1) is 14.4. The average Bonchev–Trinajstić information content (AvgIpc) is 2.74. The molecule has 160 valence electrons. The summed E-state index contributed by atoms with van der Waals surface area (Å²) in [5.41, 5.74) is 1.62. The van der Waals surface area contributed by atoms with Crippen LogP contribution in [0.25, 0.3) is 0 Å². The molecule has 3 N–H and O–H groups in total. The lowest BCUT2D eigenvalue weighted by atomic mass is 10.0. The number of piperidine rings is 1. The predicted octanol–water partition coefficient (Wildman–Crippen LogP) is 3.68. The quantitative estimate of drug-likeness (QED) is 0.678. The zero-order valence-corrected chi connectivity index (χ0v) is 17.4. The molecule has 1 saturated heterocycles. The minimum Gasteiger partial charge on any atom is -0.348 e. The maximum Gasteiger partial charge on any atom is 0.319 e. The highest BCUT2D eigenvalue weighted by molar-refractivity contribution is 5.89. The van der Waals surface area contributed by atoms with Crippen molar-refractivity contribution in [2.24, 2.45) is 0 Å². The number of likely N-dealkylation sites (tertiary alicyclic amines) is 1. The van der Waals surface area contributed by atoms with Crippen molar-refractivity contribution in [1.29, 1.82) is 0 Å². The van der Waals surface area contributed by atoms with E-state index in [-0.39, 0.29) is 35.9 Å². The first kappa shape index (κ1) is 21.8. The summed E-state index contributed by atoms with van der Waals surface area (Å²) in [4.78, 5) is 26.9. The fourth-order valence-corrected chi connectivity index (χ4v) is 3.64. The second-order valence-corrected chi connectivity index (χ2v) is 7.73. The van der Waals surface area contributed by atoms with Gasteiger partial charge in [-0.1, -0.05) is 30.3 Å². The molecule has 1 heterocycles. The van der Waals surface area contributed by atoms with Gasteiger partial charge in [0.05, 0.1) is 12.1 Å². The third-order valence-corrected chi connectivity index (χ3v) is 5.55. The number of rotatable bonds is 6. The molecule has 30 heavy (non-hydrogen) atoms. The third-order valence-electron chi connectivity index (χ3n) is 5.55. The Morgan fingerprint density at radius 2 is 1.63 bits per heavy atom. The van der Waals surface area contributed by atoms with E-state index >= 15 is 0 Å². The first-order valence-corrected chi connectivity index (χ1v) is 10.3. The van der Waals surface area contributed by atoms with E-state index in [1.54, 1.807) is 12.1 Å². The number of carbonyl (C=O) groups excluding carboxylic acids is 2. The van der Waals surface area contributed by atoms with Crippen LogP contribution < -0.4 is 16.0 Å². The fourth-order valence-electron chi connectivity index (χ4n) is 3.64. The molecular weight excluding hydrogens is 383 g/mol. The topological polar surface area (TPSA) is 73.5 Å². The smallest absolute Gasteiger partial charge is 0.319 e. The number of benzene rings is 2. The van der Waals surface area contributed by atoms with Crippen LogP contribution >= 0.6 is 0 Å². The molecule has 2 unspecified atom stereocenters. The van der Waals surface area contributed by atoms with Crippen molar-refractivity contribution in [3.63, 3.8) is 0 Å². The van der Waals surface area contributed by atoms with Gasteiger partial charge in [-0.25, -0.2) is 9.18 Å². The Balaban J connectivity index is 1.42. The SMILES string of the molecule is CC(NC(=O)C(C)N1CCC(NC(=O)Nc2ccccc2)CC1)c1ccc(F)cc1. The van der Waals surface area contributed by atoms with Crippen LogP contribution in [-0.4, -0.2) is 42.0 Å². The molecule has 3 rings (SSSR count). The van der Waals surface area contributed by atoms with Gasteiger partial charge < -0.3 is 16.0 Å². The zero-order chi connectivity index (χ0) is 21.5. The van der Waals surface area contributed by atoms with Gasteiger partial charge in [0.15, 0.2) is 0 Å². The Hall–Kier alpha value is -2.93. The van der Waals surface area contributed by atoms with E-state index in [1.165, 1.54) is 12.1 Å². The van der Waals surface area contributed by atoms with Crippen LogP contribution in [0.1, 0.15) is 38.3 Å². The Morgan fingerprint density at radius 1 is 1.00 bits per heavy atom. The molecule has 0 aliphatic carbocycles. The molecule has 1 aliphatic heterocycles. The summed E-state index contributed by atoms with van der Waals surface area (Å²) in [6, 6.07) is 14.9. The molecule has 3 amide bonds. The average molecular weight is 413 g/mol. The maximum absolute atomic E-state index is 13.1. The second kappa shape index (κ2) is 10.2. The number of hydrogen-bond donors (Lipinski definition) is 3. The molecule has 2 atom stereocenters. The standard InChI is InChI=1S/C23H29FN4O2/c1-16(18-8-10-19(24)11-9-18)25-22(29)17(2)28-14-12-21(13-15-28)27-23(30)26-20-6-4-3-5-7-20/h3-11,16-17,21H,12-15H2,1-2H3,(H,25,29)(H2,26,27,30). The molecule has 0 bridgehead atoms. The summed E-state index contributed by atoms with van der Waals surface area (Å²) in [7, 11) is 0. The normalized spacial score (nSPS) is 17.0. The maximum atomic E-state index is 13.1. The minimum absolute atomic E-state index is 0.0555. The summed E-state index contributed by atoms with van der Waals surface area (Å²) in [5.74, 6) is -0.348. The third kappa shape index (κ3) is 6.03. The van der Waals surface area contributed by atoms with E-state index in [2.05, 4.69) is 20.9 Å². The highest BCUT2D eigenvalue weighted by atomic mass is 19.1. The van der Waals surface area contributed by atoms with Gasteiger partial charge >= 0.3 is 6.03 Å². The molecule has 1 aliphatic rings. The molecule has 6 nitrogen and oxygen atoms in total. The van der Waals surface area contributed by atoms with Crippen LogP contribution in [0, 0.1) is 5.82 Å². The van der Waals surface area contributed by atoms with Crippen molar-refractivity contribution in [2.75, 3.05) is 18.4 Å². The summed E-state index contributed by atoms with van der Waals surface area (Å²) in [5, 5.41) is 8.84. The van der Waals surface area contributed by atoms with Crippen LogP contribution in [0.3, 0.4) is 0 Å². The summed E-state index contributed by atoms with van der Waals surface area (Å²) < 4.78 is 13.1. The van der Waals surface area contributed by atoms with Crippen molar-refractivity contribution < 1.29 is 14.0 Å². The largest absolute Gasteiger partial charge is 0.348 e. The number of anilines is 1. The molecule has 2 aromatic carbocycles. The van der Waals surface area contributed by atoms with Gasteiger partial charge in [-0.15, -0.1) is 0 Å². The van der Waals surface area contributed by atoms with E-state index in [1.807, 2.05) is 44.2 Å². The van der Waals surface area contributed by atoms with Gasteiger partial charge in [-0.3, -0.25) is 9.69 Å². The molecule has 1 fully saturated rings. The summed E-state index contributed by atoms with van der Waals surface area (Å²) in [6.45, 7) is 5.24. The van der Waals surface area contributed by atoms with E-state index < -0.39 is 0 Å². The minimum atomic E-state index is -0.292. The second-order valence-electron chi connectivity index (χ2n) is 7.73. The lowest BCUT2D eigenvalue weighted by Crippen LogP contribution is -2.52. The number of nitrogens with zero attached hydrogens (tertiary/aromatic N) is 1. The van der Waals surface area contributed by atoms with Crippen molar-refractivity contribution >= 4 is 17.6 Å². The van der Waals surface area contributed by atoms with Gasteiger partial charge in [0.2, 0.25) is 5.91 Å². The van der Waals surface area contributed by atoms with E-state index in [9.17, 15) is 14.0 Å². The zero-order valence-electron chi connectivity index (χ0n) is 17.4. The van der Waals surface area contributed by atoms with E-state index in [4.69, 9.17) is 0 Å². The number of nitrogens with one attached hydrogen (secondary N) is 3. The van der Waals surface area contributed by atoms with E-state index in [0.717, 1.165) is 37.2 Å². The van der Waals surface area contributed by atoms with Crippen LogP contribution in [0.15, 0.2) is 54.6 Å². The Bertz CT molecular complexity index is 836. The molecule has 2 aromatic rings. The molecule has 7 heteroatoms. The van der Waals surface area contributed by atoms with Crippen LogP contribution in [0.2, 0.25) is 0 Å². The molecular formula is C23H29FN4O2. The fraction of sp³-hybridized carbons (Fsp3) is 0.391. The molecule has 0 saturated carbocycles. The lowest BCUT2D eigenvalue weighted by molar-refractivity contribution is -0.127. The number of amides is 3. The van der Waals surface area contributed by atoms with Gasteiger partial charge in [-0.05, 0) is 56.5 Å². The first-order valence-electron chi connectivity index (χ1n) is 10.3. The number of carbonyl (C=O) groups is 2. The monoisotopic (exact) mass is 412 g/mol. The van der Waals surface area contributed by atoms with Crippen LogP contribution in [0.4, 0.5) is 14.9 Å². The number of para-hydroxylation sites is 1. The van der Waals surface area contributed by atoms with Gasteiger partial charge in [-0.2, -0.15) is 0 Å². The lowest BCUT2D eigenvalue weighted by Gasteiger charge is -2.36. The highest BCUT2D eigenvalue weighted by Crippen LogP contribution is 2.17. The summed E-state index contributed by atoms with van der Waals surface area (Å²) in [6.07, 6.45) is 1.57. The Morgan fingerprint density at radius 3 is 2.27 bits per heavy atom. The van der Waals surface area contributed by atoms with Crippen molar-refractivity contribution in [3.05, 3.63) is 66.0 Å². The molecule has 0 aromatic heterocycles. The van der Waals surface area contributed by atoms with Crippen molar-refractivity contribution in [3.8, 4) is 0 Å². The van der Waals surface area contributed by atoms with Gasteiger partial charge in [0.1, 0.15) is 5.82 Å².